The summed E-state index contributed by atoms with van der Waals surface area (Å²) in [6.07, 6.45) is 5.05. The average molecular weight is 307 g/mol. The van der Waals surface area contributed by atoms with Crippen LogP contribution in [0.3, 0.4) is 0 Å². The highest BCUT2D eigenvalue weighted by Gasteiger charge is 2.26. The number of nitrogens with one attached hydrogen (secondary N) is 2. The summed E-state index contributed by atoms with van der Waals surface area (Å²) in [7, 11) is 0. The van der Waals surface area contributed by atoms with E-state index in [-0.39, 0.29) is 17.9 Å². The third-order valence-corrected chi connectivity index (χ3v) is 4.00. The number of hydrogen-bond acceptors (Lipinski definition) is 4. The highest BCUT2D eigenvalue weighted by molar-refractivity contribution is 5.77. The molecule has 1 aromatic heterocycles. The fourth-order valence-corrected chi connectivity index (χ4v) is 2.91. The van der Waals surface area contributed by atoms with Crippen molar-refractivity contribution in [1.29, 1.82) is 0 Å². The summed E-state index contributed by atoms with van der Waals surface area (Å²) < 4.78 is 0. The monoisotopic (exact) mass is 307 g/mol. The van der Waals surface area contributed by atoms with Gasteiger partial charge in [0.15, 0.2) is 5.82 Å². The summed E-state index contributed by atoms with van der Waals surface area (Å²) in [5.74, 6) is 1.61. The highest BCUT2D eigenvalue weighted by atomic mass is 16.2. The summed E-state index contributed by atoms with van der Waals surface area (Å²) in [4.78, 5) is 29.6. The number of amides is 2. The van der Waals surface area contributed by atoms with Gasteiger partial charge in [0.05, 0.1) is 0 Å². The lowest BCUT2D eigenvalue weighted by atomic mass is 9.98. The lowest BCUT2D eigenvalue weighted by molar-refractivity contribution is -0.135. The van der Waals surface area contributed by atoms with Gasteiger partial charge in [-0.2, -0.15) is 5.10 Å². The van der Waals surface area contributed by atoms with E-state index >= 15 is 0 Å². The fourth-order valence-electron chi connectivity index (χ4n) is 2.91. The Bertz CT molecular complexity index is 514. The predicted molar refractivity (Wildman–Crippen MR) is 82.1 cm³/mol. The van der Waals surface area contributed by atoms with Crippen LogP contribution in [0.2, 0.25) is 0 Å². The van der Waals surface area contributed by atoms with Crippen LogP contribution in [-0.2, 0) is 16.0 Å². The first-order valence-electron chi connectivity index (χ1n) is 7.98. The molecule has 0 spiro atoms. The van der Waals surface area contributed by atoms with Crippen molar-refractivity contribution in [3.05, 3.63) is 11.6 Å². The minimum Gasteiger partial charge on any atom is -0.356 e. The number of H-pyrrole nitrogens is 1. The molecule has 22 heavy (non-hydrogen) atoms. The van der Waals surface area contributed by atoms with Crippen molar-refractivity contribution in [2.75, 3.05) is 13.1 Å². The van der Waals surface area contributed by atoms with Crippen molar-refractivity contribution >= 4 is 11.8 Å². The molecule has 0 aliphatic carbocycles. The Morgan fingerprint density at radius 2 is 2.23 bits per heavy atom. The molecule has 0 saturated carbocycles. The van der Waals surface area contributed by atoms with E-state index in [1.807, 2.05) is 11.8 Å². The Morgan fingerprint density at radius 1 is 1.41 bits per heavy atom. The maximum atomic E-state index is 12.5. The van der Waals surface area contributed by atoms with Crippen LogP contribution in [0.1, 0.15) is 50.7 Å². The summed E-state index contributed by atoms with van der Waals surface area (Å²) >= 11 is 0. The summed E-state index contributed by atoms with van der Waals surface area (Å²) in [5.41, 5.74) is 0. The SMILES string of the molecule is CC(=O)NCCC1CCCCN1C(=O)CCc1n[nH]c(C)n1. The number of likely N-dealkylation sites (tertiary alicyclic amines) is 1. The lowest BCUT2D eigenvalue weighted by Gasteiger charge is -2.36. The van der Waals surface area contributed by atoms with Gasteiger partial charge in [-0.25, -0.2) is 4.98 Å². The quantitative estimate of drug-likeness (QED) is 0.818. The lowest BCUT2D eigenvalue weighted by Crippen LogP contribution is -2.45. The van der Waals surface area contributed by atoms with Crippen LogP contribution in [0.15, 0.2) is 0 Å². The minimum absolute atomic E-state index is 0.0198. The van der Waals surface area contributed by atoms with E-state index in [4.69, 9.17) is 0 Å². The van der Waals surface area contributed by atoms with Crippen molar-refractivity contribution in [2.45, 2.75) is 58.4 Å². The van der Waals surface area contributed by atoms with Crippen LogP contribution in [0.4, 0.5) is 0 Å². The van der Waals surface area contributed by atoms with Gasteiger partial charge in [0, 0.05) is 38.9 Å². The number of aromatic nitrogens is 3. The van der Waals surface area contributed by atoms with Gasteiger partial charge in [0.1, 0.15) is 5.82 Å². The highest BCUT2D eigenvalue weighted by Crippen LogP contribution is 2.20. The van der Waals surface area contributed by atoms with Gasteiger partial charge in [0.2, 0.25) is 11.8 Å². The molecule has 7 nitrogen and oxygen atoms in total. The van der Waals surface area contributed by atoms with E-state index in [2.05, 4.69) is 20.5 Å². The third-order valence-electron chi connectivity index (χ3n) is 4.00. The predicted octanol–water partition coefficient (Wildman–Crippen LogP) is 0.953. The molecule has 0 aromatic carbocycles. The topological polar surface area (TPSA) is 91.0 Å². The second-order valence-corrected chi connectivity index (χ2v) is 5.85. The summed E-state index contributed by atoms with van der Waals surface area (Å²) in [6, 6.07) is 0.238. The molecule has 1 saturated heterocycles. The second kappa shape index (κ2) is 7.91. The van der Waals surface area contributed by atoms with Gasteiger partial charge in [-0.3, -0.25) is 14.7 Å². The van der Waals surface area contributed by atoms with Gasteiger partial charge < -0.3 is 10.2 Å². The van der Waals surface area contributed by atoms with Crippen LogP contribution in [0.25, 0.3) is 0 Å². The summed E-state index contributed by atoms with van der Waals surface area (Å²) in [6.45, 7) is 4.81. The molecule has 2 heterocycles. The smallest absolute Gasteiger partial charge is 0.223 e. The molecule has 1 atom stereocenters. The van der Waals surface area contributed by atoms with E-state index in [9.17, 15) is 9.59 Å². The zero-order valence-electron chi connectivity index (χ0n) is 13.4. The molecule has 1 unspecified atom stereocenters. The van der Waals surface area contributed by atoms with E-state index in [0.29, 0.717) is 25.2 Å². The summed E-state index contributed by atoms with van der Waals surface area (Å²) in [5, 5.41) is 9.67. The van der Waals surface area contributed by atoms with Crippen molar-refractivity contribution in [1.82, 2.24) is 25.4 Å². The average Bonchev–Trinajstić information content (AvgIpc) is 2.90. The molecule has 1 aromatic rings. The number of rotatable bonds is 6. The van der Waals surface area contributed by atoms with Crippen LogP contribution >= 0.6 is 0 Å². The third kappa shape index (κ3) is 4.82. The van der Waals surface area contributed by atoms with Gasteiger partial charge >= 0.3 is 0 Å². The Labute approximate surface area is 130 Å². The van der Waals surface area contributed by atoms with Crippen LogP contribution in [-0.4, -0.2) is 51.0 Å². The second-order valence-electron chi connectivity index (χ2n) is 5.85. The first-order valence-corrected chi connectivity index (χ1v) is 7.98. The molecule has 2 N–H and O–H groups in total. The Morgan fingerprint density at radius 3 is 2.91 bits per heavy atom. The number of carbonyl (C=O) groups excluding carboxylic acids is 2. The van der Waals surface area contributed by atoms with Crippen molar-refractivity contribution < 1.29 is 9.59 Å². The minimum atomic E-state index is -0.0198. The van der Waals surface area contributed by atoms with Crippen LogP contribution < -0.4 is 5.32 Å². The molecule has 2 amide bonds. The van der Waals surface area contributed by atoms with Gasteiger partial charge in [-0.1, -0.05) is 0 Å². The molecule has 2 rings (SSSR count). The number of piperidine rings is 1. The number of hydrogen-bond donors (Lipinski definition) is 2. The Hall–Kier alpha value is -1.92. The largest absolute Gasteiger partial charge is 0.356 e. The number of carbonyl (C=O) groups is 2. The normalized spacial score (nSPS) is 18.3. The Balaban J connectivity index is 1.83. The maximum Gasteiger partial charge on any atom is 0.223 e. The van der Waals surface area contributed by atoms with Gasteiger partial charge in [-0.05, 0) is 32.6 Å². The van der Waals surface area contributed by atoms with Gasteiger partial charge in [-0.15, -0.1) is 0 Å². The van der Waals surface area contributed by atoms with E-state index < -0.39 is 0 Å². The molecular formula is C15H25N5O2. The standard InChI is InChI=1S/C15H25N5O2/c1-11-17-14(19-18-11)6-7-15(22)20-10-4-3-5-13(20)8-9-16-12(2)21/h13H,3-10H2,1-2H3,(H,16,21)(H,17,18,19). The molecule has 0 radical (unpaired) electrons. The Kier molecular flexibility index (Phi) is 5.91. The molecule has 1 fully saturated rings. The van der Waals surface area contributed by atoms with E-state index in [1.165, 1.54) is 6.92 Å². The van der Waals surface area contributed by atoms with Crippen molar-refractivity contribution in [3.63, 3.8) is 0 Å². The first kappa shape index (κ1) is 16.5. The number of aromatic amines is 1. The molecule has 7 heteroatoms. The molecule has 122 valence electrons. The number of nitrogens with zero attached hydrogens (tertiary/aromatic N) is 3. The van der Waals surface area contributed by atoms with Crippen LogP contribution in [0, 0.1) is 6.92 Å². The van der Waals surface area contributed by atoms with Crippen molar-refractivity contribution in [2.24, 2.45) is 0 Å². The first-order chi connectivity index (χ1) is 10.6. The zero-order chi connectivity index (χ0) is 15.9. The fraction of sp³-hybridized carbons (Fsp3) is 0.733. The molecular weight excluding hydrogens is 282 g/mol. The molecule has 0 bridgehead atoms. The maximum absolute atomic E-state index is 12.5. The number of aryl methyl sites for hydroxylation is 2. The zero-order valence-corrected chi connectivity index (χ0v) is 13.4. The molecule has 1 aliphatic rings. The van der Waals surface area contributed by atoms with Crippen LogP contribution in [0.5, 0.6) is 0 Å². The van der Waals surface area contributed by atoms with Crippen molar-refractivity contribution in [3.8, 4) is 0 Å². The van der Waals surface area contributed by atoms with E-state index in [0.717, 1.165) is 38.1 Å². The molecule has 1 aliphatic heterocycles. The van der Waals surface area contributed by atoms with E-state index in [1.54, 1.807) is 0 Å². The van der Waals surface area contributed by atoms with Gasteiger partial charge in [0.25, 0.3) is 0 Å².